The Balaban J connectivity index is 1.91. The van der Waals surface area contributed by atoms with Crippen molar-refractivity contribution in [3.05, 3.63) is 29.3 Å². The van der Waals surface area contributed by atoms with Crippen molar-refractivity contribution in [1.82, 2.24) is 4.90 Å². The third-order valence-corrected chi connectivity index (χ3v) is 3.91. The van der Waals surface area contributed by atoms with E-state index in [9.17, 15) is 0 Å². The van der Waals surface area contributed by atoms with E-state index in [-0.39, 0.29) is 0 Å². The lowest BCUT2D eigenvalue weighted by molar-refractivity contribution is 0.229. The summed E-state index contributed by atoms with van der Waals surface area (Å²) in [6.45, 7) is 10.3. The number of rotatable bonds is 3. The second-order valence-electron chi connectivity index (χ2n) is 5.15. The van der Waals surface area contributed by atoms with E-state index in [1.807, 2.05) is 0 Å². The Morgan fingerprint density at radius 1 is 1.18 bits per heavy atom. The highest BCUT2D eigenvalue weighted by Gasteiger charge is 2.17. The average Bonchev–Trinajstić information content (AvgIpc) is 2.35. The summed E-state index contributed by atoms with van der Waals surface area (Å²) in [7, 11) is 0. The van der Waals surface area contributed by atoms with Crippen molar-refractivity contribution < 1.29 is 0 Å². The van der Waals surface area contributed by atoms with Crippen LogP contribution < -0.4 is 5.32 Å². The van der Waals surface area contributed by atoms with Gasteiger partial charge in [-0.2, -0.15) is 0 Å². The summed E-state index contributed by atoms with van der Waals surface area (Å²) < 4.78 is 0. The number of hydrogen-bond acceptors (Lipinski definition) is 2. The van der Waals surface area contributed by atoms with Gasteiger partial charge in [0, 0.05) is 24.8 Å². The Morgan fingerprint density at radius 2 is 1.88 bits per heavy atom. The van der Waals surface area contributed by atoms with E-state index in [1.165, 1.54) is 49.3 Å². The molecule has 0 aliphatic carbocycles. The molecule has 94 valence electrons. The van der Waals surface area contributed by atoms with Gasteiger partial charge in [0.1, 0.15) is 0 Å². The van der Waals surface area contributed by atoms with Gasteiger partial charge in [-0.15, -0.1) is 0 Å². The Hall–Kier alpha value is -1.02. The summed E-state index contributed by atoms with van der Waals surface area (Å²) in [6, 6.07) is 7.33. The van der Waals surface area contributed by atoms with Gasteiger partial charge in [0.25, 0.3) is 0 Å². The Bertz CT molecular complexity index is 365. The molecule has 1 N–H and O–H groups in total. The summed E-state index contributed by atoms with van der Waals surface area (Å²) in [4.78, 5) is 2.53. The molecule has 0 radical (unpaired) electrons. The first-order valence-corrected chi connectivity index (χ1v) is 6.75. The van der Waals surface area contributed by atoms with E-state index in [0.717, 1.165) is 0 Å². The van der Waals surface area contributed by atoms with Gasteiger partial charge >= 0.3 is 0 Å². The number of likely N-dealkylation sites (tertiary alicyclic amines) is 1. The normalized spacial score (nSPS) is 18.3. The quantitative estimate of drug-likeness (QED) is 0.861. The van der Waals surface area contributed by atoms with Gasteiger partial charge in [0.15, 0.2) is 0 Å². The maximum Gasteiger partial charge on any atom is 0.0345 e. The Morgan fingerprint density at radius 3 is 2.47 bits per heavy atom. The van der Waals surface area contributed by atoms with Crippen LogP contribution in [-0.4, -0.2) is 30.6 Å². The first-order valence-electron chi connectivity index (χ1n) is 6.75. The lowest BCUT2D eigenvalue weighted by Crippen LogP contribution is -2.38. The number of benzene rings is 1. The summed E-state index contributed by atoms with van der Waals surface area (Å²) in [5, 5.41) is 3.67. The molecule has 1 saturated heterocycles. The fourth-order valence-electron chi connectivity index (χ4n) is 2.46. The van der Waals surface area contributed by atoms with Gasteiger partial charge in [0.05, 0.1) is 0 Å². The van der Waals surface area contributed by atoms with Crippen molar-refractivity contribution in [2.75, 3.05) is 25.0 Å². The molecule has 1 aromatic carbocycles. The number of piperidine rings is 1. The minimum atomic E-state index is 0.653. The monoisotopic (exact) mass is 232 g/mol. The molecule has 0 spiro atoms. The maximum absolute atomic E-state index is 3.67. The molecule has 0 saturated carbocycles. The number of nitrogens with one attached hydrogen (secondary N) is 1. The third kappa shape index (κ3) is 3.22. The molecule has 0 aromatic heterocycles. The zero-order chi connectivity index (χ0) is 12.3. The van der Waals surface area contributed by atoms with Crippen molar-refractivity contribution >= 4 is 5.69 Å². The highest BCUT2D eigenvalue weighted by Crippen LogP contribution is 2.19. The van der Waals surface area contributed by atoms with Crippen LogP contribution in [0.3, 0.4) is 0 Å². The van der Waals surface area contributed by atoms with Crippen LogP contribution in [-0.2, 0) is 0 Å². The number of nitrogens with zero attached hydrogens (tertiary/aromatic N) is 1. The van der Waals surface area contributed by atoms with E-state index in [0.29, 0.717) is 6.04 Å². The number of anilines is 1. The average molecular weight is 232 g/mol. The lowest BCUT2D eigenvalue weighted by atomic mass is 10.0. The predicted octanol–water partition coefficient (Wildman–Crippen LogP) is 3.20. The van der Waals surface area contributed by atoms with Crippen LogP contribution in [0.4, 0.5) is 5.69 Å². The first kappa shape index (κ1) is 12.4. The minimum Gasteiger partial charge on any atom is -0.382 e. The highest BCUT2D eigenvalue weighted by atomic mass is 15.1. The van der Waals surface area contributed by atoms with E-state index >= 15 is 0 Å². The molecular weight excluding hydrogens is 208 g/mol. The van der Waals surface area contributed by atoms with Crippen LogP contribution in [0.5, 0.6) is 0 Å². The van der Waals surface area contributed by atoms with Gasteiger partial charge in [-0.05, 0) is 56.5 Å². The topological polar surface area (TPSA) is 15.3 Å². The molecule has 1 fully saturated rings. The van der Waals surface area contributed by atoms with Crippen molar-refractivity contribution in [2.24, 2.45) is 0 Å². The fourth-order valence-corrected chi connectivity index (χ4v) is 2.46. The van der Waals surface area contributed by atoms with Crippen LogP contribution >= 0.6 is 0 Å². The number of aryl methyl sites for hydroxylation is 2. The third-order valence-electron chi connectivity index (χ3n) is 3.91. The summed E-state index contributed by atoms with van der Waals surface area (Å²) in [5.41, 5.74) is 4.03. The summed E-state index contributed by atoms with van der Waals surface area (Å²) >= 11 is 0. The van der Waals surface area contributed by atoms with Crippen LogP contribution in [0.1, 0.15) is 30.9 Å². The van der Waals surface area contributed by atoms with Crippen molar-refractivity contribution in [2.45, 2.75) is 39.7 Å². The van der Waals surface area contributed by atoms with E-state index in [2.05, 4.69) is 49.2 Å². The van der Waals surface area contributed by atoms with Crippen molar-refractivity contribution in [1.29, 1.82) is 0 Å². The SMILES string of the molecule is CCN1CCC(Nc2ccc(C)c(C)c2)CC1. The van der Waals surface area contributed by atoms with Gasteiger partial charge in [-0.3, -0.25) is 0 Å². The smallest absolute Gasteiger partial charge is 0.0345 e. The Kier molecular flexibility index (Phi) is 4.06. The molecular formula is C15H24N2. The summed E-state index contributed by atoms with van der Waals surface area (Å²) in [5.74, 6) is 0. The van der Waals surface area contributed by atoms with Gasteiger partial charge < -0.3 is 10.2 Å². The molecule has 1 aliphatic rings. The summed E-state index contributed by atoms with van der Waals surface area (Å²) in [6.07, 6.45) is 2.53. The number of hydrogen-bond donors (Lipinski definition) is 1. The molecule has 2 heteroatoms. The molecule has 1 aromatic rings. The van der Waals surface area contributed by atoms with Crippen molar-refractivity contribution in [3.8, 4) is 0 Å². The zero-order valence-corrected chi connectivity index (χ0v) is 11.3. The zero-order valence-electron chi connectivity index (χ0n) is 11.3. The molecule has 1 heterocycles. The fraction of sp³-hybridized carbons (Fsp3) is 0.600. The van der Waals surface area contributed by atoms with Crippen LogP contribution in [0.2, 0.25) is 0 Å². The predicted molar refractivity (Wildman–Crippen MR) is 74.7 cm³/mol. The molecule has 1 aliphatic heterocycles. The molecule has 2 rings (SSSR count). The van der Waals surface area contributed by atoms with Crippen LogP contribution in [0.25, 0.3) is 0 Å². The first-order chi connectivity index (χ1) is 8.19. The molecule has 0 bridgehead atoms. The standard InChI is InChI=1S/C15H24N2/c1-4-17-9-7-14(8-10-17)16-15-6-5-12(2)13(3)11-15/h5-6,11,14,16H,4,7-10H2,1-3H3. The second-order valence-corrected chi connectivity index (χ2v) is 5.15. The molecule has 0 amide bonds. The van der Waals surface area contributed by atoms with E-state index < -0.39 is 0 Å². The van der Waals surface area contributed by atoms with Crippen molar-refractivity contribution in [3.63, 3.8) is 0 Å². The molecule has 17 heavy (non-hydrogen) atoms. The van der Waals surface area contributed by atoms with Gasteiger partial charge in [-0.25, -0.2) is 0 Å². The Labute approximate surface area is 105 Å². The van der Waals surface area contributed by atoms with Gasteiger partial charge in [0.2, 0.25) is 0 Å². The molecule has 0 unspecified atom stereocenters. The van der Waals surface area contributed by atoms with E-state index in [1.54, 1.807) is 0 Å². The van der Waals surface area contributed by atoms with Crippen LogP contribution in [0.15, 0.2) is 18.2 Å². The lowest BCUT2D eigenvalue weighted by Gasteiger charge is -2.32. The molecule has 0 atom stereocenters. The molecule has 2 nitrogen and oxygen atoms in total. The highest BCUT2D eigenvalue weighted by molar-refractivity contribution is 5.48. The minimum absolute atomic E-state index is 0.653. The second kappa shape index (κ2) is 5.54. The maximum atomic E-state index is 3.67. The largest absolute Gasteiger partial charge is 0.382 e. The van der Waals surface area contributed by atoms with E-state index in [4.69, 9.17) is 0 Å². The van der Waals surface area contributed by atoms with Crippen LogP contribution in [0, 0.1) is 13.8 Å². The van der Waals surface area contributed by atoms with Gasteiger partial charge in [-0.1, -0.05) is 13.0 Å².